The van der Waals surface area contributed by atoms with Crippen LogP contribution in [-0.2, 0) is 9.59 Å². The number of rotatable bonds is 0. The molecule has 3 nitrogen and oxygen atoms in total. The molecule has 0 radical (unpaired) electrons. The third-order valence-corrected chi connectivity index (χ3v) is 11.7. The van der Waals surface area contributed by atoms with Crippen LogP contribution < -0.4 is 0 Å². The number of benzene rings is 4. The molecule has 3 heterocycles. The Kier molecular flexibility index (Phi) is 3.76. The van der Waals surface area contributed by atoms with Crippen molar-refractivity contribution in [2.75, 3.05) is 0 Å². The molecule has 2 bridgehead atoms. The fourth-order valence-corrected chi connectivity index (χ4v) is 10.7. The van der Waals surface area contributed by atoms with E-state index >= 15 is 0 Å². The second-order valence-electron chi connectivity index (χ2n) is 8.73. The van der Waals surface area contributed by atoms with E-state index in [1.54, 1.807) is 22.7 Å². The van der Waals surface area contributed by atoms with Crippen LogP contribution in [0.5, 0.6) is 0 Å². The summed E-state index contributed by atoms with van der Waals surface area (Å²) in [5.41, 5.74) is 1.58. The maximum atomic E-state index is 14.6. The molecule has 2 aliphatic carbocycles. The molecule has 3 aliphatic rings. The van der Waals surface area contributed by atoms with Gasteiger partial charge in [0.25, 0.3) is 11.8 Å². The minimum absolute atomic E-state index is 0.167. The maximum Gasteiger partial charge on any atom is 0.266 e. The van der Waals surface area contributed by atoms with E-state index < -0.39 is 23.7 Å². The minimum atomic E-state index is -0.802. The van der Waals surface area contributed by atoms with E-state index in [1.165, 1.54) is 0 Å². The van der Waals surface area contributed by atoms with Crippen LogP contribution in [0.2, 0.25) is 0 Å². The number of halogens is 3. The molecule has 6 aromatic rings. The number of nitrogens with zero attached hydrogens (tertiary/aromatic N) is 1. The quantitative estimate of drug-likeness (QED) is 0.128. The normalized spacial score (nSPS) is 19.7. The number of thiophene rings is 2. The molecule has 2 amide bonds. The lowest BCUT2D eigenvalue weighted by atomic mass is 9.72. The van der Waals surface area contributed by atoms with Crippen molar-refractivity contribution in [2.24, 2.45) is 0 Å². The maximum absolute atomic E-state index is 14.6. The van der Waals surface area contributed by atoms with Gasteiger partial charge in [0.05, 0.1) is 25.9 Å². The minimum Gasteiger partial charge on any atom is -0.271 e. The number of carbonyl (C=O) groups excluding carboxylic acids is 2. The average molecular weight is 611 g/mol. The summed E-state index contributed by atoms with van der Waals surface area (Å²) < 4.78 is 21.0. The van der Waals surface area contributed by atoms with Gasteiger partial charge in [-0.1, -0.05) is 53.0 Å². The molecule has 1 aliphatic heterocycles. The number of imide groups is 1. The highest BCUT2D eigenvalue weighted by molar-refractivity contribution is 9.11. The Bertz CT molecular complexity index is 1970. The van der Waals surface area contributed by atoms with Crippen molar-refractivity contribution in [1.82, 2.24) is 5.12 Å². The summed E-state index contributed by atoms with van der Waals surface area (Å²) in [5.74, 6) is -3.09. The second kappa shape index (κ2) is 6.43. The van der Waals surface area contributed by atoms with E-state index in [4.69, 9.17) is 0 Å². The van der Waals surface area contributed by atoms with E-state index in [1.807, 2.05) is 36.4 Å². The second-order valence-corrected chi connectivity index (χ2v) is 12.4. The van der Waals surface area contributed by atoms with E-state index in [0.29, 0.717) is 0 Å². The molecule has 34 heavy (non-hydrogen) atoms. The van der Waals surface area contributed by atoms with Crippen LogP contribution in [0.1, 0.15) is 23.0 Å². The molecular formula is C26H10Br2FNO2S2. The van der Waals surface area contributed by atoms with Crippen molar-refractivity contribution >= 4 is 117 Å². The van der Waals surface area contributed by atoms with Gasteiger partial charge in [-0.05, 0) is 64.5 Å². The molecule has 0 spiro atoms. The average Bonchev–Trinajstić information content (AvgIpc) is 3.49. The molecule has 1 fully saturated rings. The van der Waals surface area contributed by atoms with Crippen molar-refractivity contribution in [3.8, 4) is 0 Å². The van der Waals surface area contributed by atoms with Gasteiger partial charge in [0.15, 0.2) is 0 Å². The lowest BCUT2D eigenvalue weighted by Gasteiger charge is -2.28. The SMILES string of the molecule is O=C1C2c3c4ccccc4c(c4c3sc3c4sc4c(Br)c5ccccc5c(Br)c43)C2C(=O)N1F. The Balaban J connectivity index is 1.64. The van der Waals surface area contributed by atoms with Gasteiger partial charge in [-0.2, -0.15) is 0 Å². The zero-order valence-electron chi connectivity index (χ0n) is 17.0. The van der Waals surface area contributed by atoms with Crippen LogP contribution in [0.4, 0.5) is 4.48 Å². The van der Waals surface area contributed by atoms with E-state index in [-0.39, 0.29) is 5.12 Å². The Morgan fingerprint density at radius 2 is 1.15 bits per heavy atom. The van der Waals surface area contributed by atoms with Crippen molar-refractivity contribution in [3.63, 3.8) is 0 Å². The van der Waals surface area contributed by atoms with Gasteiger partial charge in [-0.25, -0.2) is 0 Å². The van der Waals surface area contributed by atoms with Crippen LogP contribution in [0, 0.1) is 0 Å². The molecule has 4 aromatic carbocycles. The first-order valence-corrected chi connectivity index (χ1v) is 13.8. The summed E-state index contributed by atoms with van der Waals surface area (Å²) >= 11 is 11.0. The third kappa shape index (κ3) is 2.09. The van der Waals surface area contributed by atoms with Gasteiger partial charge in [0, 0.05) is 24.4 Å². The number of carbonyl (C=O) groups is 2. The van der Waals surface area contributed by atoms with Crippen molar-refractivity contribution in [3.05, 3.63) is 68.6 Å². The smallest absolute Gasteiger partial charge is 0.266 e. The summed E-state index contributed by atoms with van der Waals surface area (Å²) in [6, 6.07) is 16.1. The highest BCUT2D eigenvalue weighted by Crippen LogP contribution is 2.61. The van der Waals surface area contributed by atoms with Crippen molar-refractivity contribution < 1.29 is 14.1 Å². The van der Waals surface area contributed by atoms with Crippen LogP contribution in [0.15, 0.2) is 57.5 Å². The number of fused-ring (bicyclic) bond motifs is 4. The lowest BCUT2D eigenvalue weighted by molar-refractivity contribution is -0.155. The highest BCUT2D eigenvalue weighted by atomic mass is 79.9. The molecule has 1 saturated heterocycles. The molecule has 2 aromatic heterocycles. The molecule has 9 rings (SSSR count). The van der Waals surface area contributed by atoms with E-state index in [9.17, 15) is 14.1 Å². The number of amides is 2. The predicted molar refractivity (Wildman–Crippen MR) is 144 cm³/mol. The molecule has 164 valence electrons. The van der Waals surface area contributed by atoms with Gasteiger partial charge in [0.2, 0.25) is 0 Å². The summed E-state index contributed by atoms with van der Waals surface area (Å²) in [6.07, 6.45) is 0. The van der Waals surface area contributed by atoms with Crippen LogP contribution in [-0.4, -0.2) is 16.9 Å². The third-order valence-electron chi connectivity index (χ3n) is 7.24. The van der Waals surface area contributed by atoms with Gasteiger partial charge in [-0.15, -0.1) is 27.8 Å². The monoisotopic (exact) mass is 609 g/mol. The zero-order chi connectivity index (χ0) is 23.0. The van der Waals surface area contributed by atoms with Gasteiger partial charge < -0.3 is 0 Å². The first-order chi connectivity index (χ1) is 16.5. The Morgan fingerprint density at radius 1 is 0.647 bits per heavy atom. The first kappa shape index (κ1) is 19.9. The zero-order valence-corrected chi connectivity index (χ0v) is 21.8. The number of hydrogen-bond donors (Lipinski definition) is 0. The Labute approximate surface area is 215 Å². The largest absolute Gasteiger partial charge is 0.271 e. The van der Waals surface area contributed by atoms with Crippen molar-refractivity contribution in [2.45, 2.75) is 11.8 Å². The molecular weight excluding hydrogens is 601 g/mol. The molecule has 8 heteroatoms. The highest BCUT2D eigenvalue weighted by Gasteiger charge is 2.55. The van der Waals surface area contributed by atoms with Crippen LogP contribution in [0.3, 0.4) is 0 Å². The Hall–Kier alpha value is -2.39. The molecule has 0 saturated carbocycles. The van der Waals surface area contributed by atoms with Crippen molar-refractivity contribution in [1.29, 1.82) is 0 Å². The van der Waals surface area contributed by atoms with Crippen LogP contribution >= 0.6 is 54.5 Å². The van der Waals surface area contributed by atoms with E-state index in [0.717, 1.165) is 71.2 Å². The summed E-state index contributed by atoms with van der Waals surface area (Å²) in [4.78, 5) is 25.8. The fraction of sp³-hybridized carbons (Fsp3) is 0.0769. The molecule has 2 unspecified atom stereocenters. The summed E-state index contributed by atoms with van der Waals surface area (Å²) in [7, 11) is 0. The molecule has 0 N–H and O–H groups in total. The fourth-order valence-electron chi connectivity index (χ4n) is 5.91. The molecule has 2 atom stereocenters. The van der Waals surface area contributed by atoms with Crippen LogP contribution in [0.25, 0.3) is 51.1 Å². The van der Waals surface area contributed by atoms with E-state index in [2.05, 4.69) is 44.0 Å². The topological polar surface area (TPSA) is 37.4 Å². The first-order valence-electron chi connectivity index (χ1n) is 10.6. The van der Waals surface area contributed by atoms with Gasteiger partial charge >= 0.3 is 0 Å². The number of hydrogen-bond acceptors (Lipinski definition) is 4. The van der Waals surface area contributed by atoms with Gasteiger partial charge in [-0.3, -0.25) is 9.59 Å². The summed E-state index contributed by atoms with van der Waals surface area (Å²) in [6.45, 7) is 0. The lowest BCUT2D eigenvalue weighted by Crippen LogP contribution is -2.21. The van der Waals surface area contributed by atoms with Gasteiger partial charge in [0.1, 0.15) is 0 Å². The Morgan fingerprint density at radius 3 is 1.82 bits per heavy atom. The summed E-state index contributed by atoms with van der Waals surface area (Å²) in [5, 5.41) is 6.08. The standard InChI is InChI=1S/C26H10Br2FNO2S2/c27-19-11-7-3-4-8-12(11)20(28)22-18(19)24-23(34-22)17-13-9-5-1-2-6-10(9)14(21(17)33-24)16-15(13)25(31)30(29)26(16)32/h1-8,15-16H. The predicted octanol–water partition coefficient (Wildman–Crippen LogP) is 8.53.